The Morgan fingerprint density at radius 2 is 1.93 bits per heavy atom. The Morgan fingerprint density at radius 1 is 1.22 bits per heavy atom. The van der Waals surface area contributed by atoms with Crippen LogP contribution >= 0.6 is 0 Å². The van der Waals surface area contributed by atoms with Crippen LogP contribution in [0.1, 0.15) is 11.3 Å². The fourth-order valence-electron chi connectivity index (χ4n) is 2.76. The molecule has 0 aliphatic carbocycles. The van der Waals surface area contributed by atoms with Crippen molar-refractivity contribution in [3.63, 3.8) is 0 Å². The number of carbonyl (C=O) groups excluding carboxylic acids is 1. The lowest BCUT2D eigenvalue weighted by molar-refractivity contribution is -0.117. The number of sulfonamides is 1. The molecule has 9 heteroatoms. The van der Waals surface area contributed by atoms with Crippen LogP contribution in [0, 0.1) is 6.92 Å². The normalized spacial score (nSPS) is 16.6. The number of carbonyl (C=O) groups is 1. The zero-order chi connectivity index (χ0) is 19.3. The van der Waals surface area contributed by atoms with Crippen molar-refractivity contribution in [3.8, 4) is 0 Å². The van der Waals surface area contributed by atoms with Gasteiger partial charge in [0.2, 0.25) is 21.8 Å². The molecule has 3 rings (SSSR count). The van der Waals surface area contributed by atoms with Gasteiger partial charge in [0.15, 0.2) is 0 Å². The third-order valence-corrected chi connectivity index (χ3v) is 5.75. The van der Waals surface area contributed by atoms with Crippen LogP contribution in [0.3, 0.4) is 0 Å². The van der Waals surface area contributed by atoms with Crippen molar-refractivity contribution in [2.45, 2.75) is 6.92 Å². The first kappa shape index (κ1) is 19.3. The molecule has 1 saturated heterocycles. The summed E-state index contributed by atoms with van der Waals surface area (Å²) in [5.74, 6) is 0.0937. The highest BCUT2D eigenvalue weighted by atomic mass is 32.2. The molecule has 0 bridgehead atoms. The SMILES string of the molecule is Cc1cc(NC(=O)CN2CCN(S(=O)(=O)/C=C/c3ccccc3)CC2)on1. The van der Waals surface area contributed by atoms with E-state index in [1.54, 1.807) is 19.1 Å². The van der Waals surface area contributed by atoms with E-state index in [9.17, 15) is 13.2 Å². The molecule has 0 saturated carbocycles. The average Bonchev–Trinajstić information content (AvgIpc) is 3.06. The van der Waals surface area contributed by atoms with Crippen LogP contribution in [0.15, 0.2) is 46.3 Å². The molecule has 0 spiro atoms. The van der Waals surface area contributed by atoms with E-state index in [2.05, 4.69) is 10.5 Å². The fraction of sp³-hybridized carbons (Fsp3) is 0.333. The van der Waals surface area contributed by atoms with Crippen molar-refractivity contribution >= 4 is 27.9 Å². The second-order valence-electron chi connectivity index (χ2n) is 6.31. The molecular weight excluding hydrogens is 368 g/mol. The molecule has 0 radical (unpaired) electrons. The first-order valence-corrected chi connectivity index (χ1v) is 10.1. The molecule has 1 aliphatic rings. The zero-order valence-electron chi connectivity index (χ0n) is 15.0. The molecule has 8 nitrogen and oxygen atoms in total. The second kappa shape index (κ2) is 8.47. The van der Waals surface area contributed by atoms with Crippen LogP contribution in [0.25, 0.3) is 6.08 Å². The number of amides is 1. The largest absolute Gasteiger partial charge is 0.338 e. The van der Waals surface area contributed by atoms with Gasteiger partial charge in [0, 0.05) is 37.7 Å². The first-order valence-electron chi connectivity index (χ1n) is 8.61. The number of aryl methyl sites for hydroxylation is 1. The van der Waals surface area contributed by atoms with E-state index >= 15 is 0 Å². The number of nitrogens with zero attached hydrogens (tertiary/aromatic N) is 3. The zero-order valence-corrected chi connectivity index (χ0v) is 15.9. The molecule has 1 aromatic heterocycles. The summed E-state index contributed by atoms with van der Waals surface area (Å²) in [6.45, 7) is 3.60. The molecule has 2 heterocycles. The van der Waals surface area contributed by atoms with Gasteiger partial charge in [-0.15, -0.1) is 0 Å². The minimum atomic E-state index is -3.48. The maximum Gasteiger partial charge on any atom is 0.240 e. The number of hydrogen-bond acceptors (Lipinski definition) is 6. The lowest BCUT2D eigenvalue weighted by Gasteiger charge is -2.32. The Morgan fingerprint density at radius 3 is 2.56 bits per heavy atom. The number of benzene rings is 1. The van der Waals surface area contributed by atoms with Crippen molar-refractivity contribution in [1.82, 2.24) is 14.4 Å². The van der Waals surface area contributed by atoms with Crippen molar-refractivity contribution < 1.29 is 17.7 Å². The van der Waals surface area contributed by atoms with E-state index < -0.39 is 10.0 Å². The highest BCUT2D eigenvalue weighted by molar-refractivity contribution is 7.92. The van der Waals surface area contributed by atoms with E-state index in [4.69, 9.17) is 4.52 Å². The lowest BCUT2D eigenvalue weighted by atomic mass is 10.2. The van der Waals surface area contributed by atoms with Gasteiger partial charge in [0.1, 0.15) is 0 Å². The molecule has 27 heavy (non-hydrogen) atoms. The van der Waals surface area contributed by atoms with Crippen LogP contribution in [0.2, 0.25) is 0 Å². The predicted molar refractivity (Wildman–Crippen MR) is 102 cm³/mol. The van der Waals surface area contributed by atoms with E-state index in [1.165, 1.54) is 9.71 Å². The molecule has 1 fully saturated rings. The summed E-state index contributed by atoms with van der Waals surface area (Å²) in [7, 11) is -3.48. The number of piperazine rings is 1. The Kier molecular flexibility index (Phi) is 6.04. The van der Waals surface area contributed by atoms with Crippen LogP contribution in [-0.4, -0.2) is 61.4 Å². The summed E-state index contributed by atoms with van der Waals surface area (Å²) < 4.78 is 31.3. The summed E-state index contributed by atoms with van der Waals surface area (Å²) in [6.07, 6.45) is 1.59. The Labute approximate surface area is 158 Å². The number of nitrogens with one attached hydrogen (secondary N) is 1. The van der Waals surface area contributed by atoms with Gasteiger partial charge in [0.25, 0.3) is 0 Å². The number of rotatable bonds is 6. The number of hydrogen-bond donors (Lipinski definition) is 1. The van der Waals surface area contributed by atoms with Gasteiger partial charge in [-0.1, -0.05) is 35.5 Å². The predicted octanol–water partition coefficient (Wildman–Crippen LogP) is 1.54. The maximum absolute atomic E-state index is 12.5. The van der Waals surface area contributed by atoms with Crippen LogP contribution < -0.4 is 5.32 Å². The molecule has 144 valence electrons. The third kappa shape index (κ3) is 5.49. The molecule has 0 atom stereocenters. The molecular formula is C18H22N4O4S. The van der Waals surface area contributed by atoms with Crippen molar-refractivity contribution in [2.24, 2.45) is 0 Å². The summed E-state index contributed by atoms with van der Waals surface area (Å²) >= 11 is 0. The molecule has 1 aliphatic heterocycles. The van der Waals surface area contributed by atoms with Gasteiger partial charge >= 0.3 is 0 Å². The molecule has 1 amide bonds. The van der Waals surface area contributed by atoms with Crippen LogP contribution in [0.5, 0.6) is 0 Å². The minimum absolute atomic E-state index is 0.174. The van der Waals surface area contributed by atoms with Gasteiger partial charge in [-0.2, -0.15) is 4.31 Å². The minimum Gasteiger partial charge on any atom is -0.338 e. The topological polar surface area (TPSA) is 95.8 Å². The van der Waals surface area contributed by atoms with Gasteiger partial charge in [-0.3, -0.25) is 15.0 Å². The molecule has 1 aromatic carbocycles. The number of aromatic nitrogens is 1. The smallest absolute Gasteiger partial charge is 0.240 e. The van der Waals surface area contributed by atoms with Gasteiger partial charge in [-0.05, 0) is 18.6 Å². The van der Waals surface area contributed by atoms with Gasteiger partial charge in [-0.25, -0.2) is 8.42 Å². The highest BCUT2D eigenvalue weighted by Crippen LogP contribution is 2.12. The first-order chi connectivity index (χ1) is 12.9. The molecule has 1 N–H and O–H groups in total. The van der Waals surface area contributed by atoms with E-state index in [0.717, 1.165) is 5.56 Å². The second-order valence-corrected chi connectivity index (χ2v) is 8.13. The van der Waals surface area contributed by atoms with Crippen molar-refractivity contribution in [1.29, 1.82) is 0 Å². The standard InChI is InChI=1S/C18H22N4O4S/c1-15-13-18(26-20-15)19-17(23)14-21-8-10-22(11-9-21)27(24,25)12-7-16-5-3-2-4-6-16/h2-7,12-13H,8-11,14H2,1H3,(H,19,23)/b12-7+. The van der Waals surface area contributed by atoms with Crippen molar-refractivity contribution in [2.75, 3.05) is 38.0 Å². The molecule has 0 unspecified atom stereocenters. The Hall–Kier alpha value is -2.49. The number of anilines is 1. The Bertz CT molecular complexity index is 900. The summed E-state index contributed by atoms with van der Waals surface area (Å²) in [4.78, 5) is 14.0. The van der Waals surface area contributed by atoms with Crippen LogP contribution in [-0.2, 0) is 14.8 Å². The van der Waals surface area contributed by atoms with Crippen molar-refractivity contribution in [3.05, 3.63) is 53.1 Å². The summed E-state index contributed by atoms with van der Waals surface area (Å²) in [5.41, 5.74) is 1.52. The quantitative estimate of drug-likeness (QED) is 0.804. The van der Waals surface area contributed by atoms with Crippen LogP contribution in [0.4, 0.5) is 5.88 Å². The highest BCUT2D eigenvalue weighted by Gasteiger charge is 2.26. The van der Waals surface area contributed by atoms with E-state index in [1.807, 2.05) is 35.2 Å². The summed E-state index contributed by atoms with van der Waals surface area (Å²) in [6, 6.07) is 10.9. The average molecular weight is 390 g/mol. The molecule has 2 aromatic rings. The summed E-state index contributed by atoms with van der Waals surface area (Å²) in [5, 5.41) is 7.58. The van der Waals surface area contributed by atoms with E-state index in [-0.39, 0.29) is 12.5 Å². The third-order valence-electron chi connectivity index (χ3n) is 4.18. The maximum atomic E-state index is 12.5. The Balaban J connectivity index is 1.49. The van der Waals surface area contributed by atoms with E-state index in [0.29, 0.717) is 37.8 Å². The lowest BCUT2D eigenvalue weighted by Crippen LogP contribution is -2.49. The fourth-order valence-corrected chi connectivity index (χ4v) is 3.93. The monoisotopic (exact) mass is 390 g/mol. The van der Waals surface area contributed by atoms with Gasteiger partial charge in [0.05, 0.1) is 12.2 Å². The van der Waals surface area contributed by atoms with Gasteiger partial charge < -0.3 is 4.52 Å².